The first-order valence-corrected chi connectivity index (χ1v) is 7.72. The van der Waals surface area contributed by atoms with Crippen LogP contribution < -0.4 is 11.3 Å². The zero-order chi connectivity index (χ0) is 15.0. The van der Waals surface area contributed by atoms with Crippen LogP contribution in [-0.4, -0.2) is 14.8 Å². The molecule has 0 amide bonds. The van der Waals surface area contributed by atoms with E-state index in [1.807, 2.05) is 30.8 Å². The number of nitrogens with zero attached hydrogens (tertiary/aromatic N) is 3. The van der Waals surface area contributed by atoms with Crippen molar-refractivity contribution >= 4 is 22.2 Å². The third-order valence-corrected chi connectivity index (χ3v) is 4.86. The number of aryl methyl sites for hydroxylation is 3. The van der Waals surface area contributed by atoms with Gasteiger partial charge in [-0.05, 0) is 19.9 Å². The van der Waals surface area contributed by atoms with E-state index in [1.54, 1.807) is 11.3 Å². The number of rotatable bonds is 4. The lowest BCUT2D eigenvalue weighted by molar-refractivity contribution is 0.531. The van der Waals surface area contributed by atoms with E-state index in [2.05, 4.69) is 34.6 Å². The Kier molecular flexibility index (Phi) is 3.75. The van der Waals surface area contributed by atoms with Gasteiger partial charge < -0.3 is 0 Å². The van der Waals surface area contributed by atoms with Crippen LogP contribution in [0.25, 0.3) is 10.9 Å². The number of nitrogens with two attached hydrogens (primary N) is 1. The lowest BCUT2D eigenvalue weighted by Gasteiger charge is -2.12. The molecule has 0 spiro atoms. The molecule has 1 aromatic carbocycles. The minimum atomic E-state index is -0.0407. The van der Waals surface area contributed by atoms with Gasteiger partial charge in [-0.25, -0.2) is 4.98 Å². The number of benzene rings is 1. The Bertz CT molecular complexity index is 754. The van der Waals surface area contributed by atoms with Crippen LogP contribution in [0.3, 0.4) is 0 Å². The molecule has 6 heteroatoms. The lowest BCUT2D eigenvalue weighted by atomic mass is 10.1. The predicted octanol–water partition coefficient (Wildman–Crippen LogP) is 2.39. The summed E-state index contributed by atoms with van der Waals surface area (Å²) in [7, 11) is 1.96. The van der Waals surface area contributed by atoms with Gasteiger partial charge in [0.05, 0.1) is 28.0 Å². The average Bonchev–Trinajstić information content (AvgIpc) is 2.98. The van der Waals surface area contributed by atoms with E-state index in [9.17, 15) is 0 Å². The highest BCUT2D eigenvalue weighted by Crippen LogP contribution is 2.27. The Morgan fingerprint density at radius 3 is 2.76 bits per heavy atom. The zero-order valence-electron chi connectivity index (χ0n) is 12.4. The normalized spacial score (nSPS) is 13.0. The van der Waals surface area contributed by atoms with Crippen LogP contribution in [0.15, 0.2) is 24.3 Å². The Morgan fingerprint density at radius 2 is 2.10 bits per heavy atom. The van der Waals surface area contributed by atoms with Gasteiger partial charge in [0, 0.05) is 23.7 Å². The second kappa shape index (κ2) is 5.55. The van der Waals surface area contributed by atoms with Crippen molar-refractivity contribution in [1.82, 2.24) is 20.2 Å². The minimum Gasteiger partial charge on any atom is -0.271 e. The van der Waals surface area contributed by atoms with Gasteiger partial charge >= 0.3 is 0 Å². The van der Waals surface area contributed by atoms with E-state index in [0.717, 1.165) is 33.7 Å². The third-order valence-electron chi connectivity index (χ3n) is 3.77. The van der Waals surface area contributed by atoms with Crippen LogP contribution in [0.4, 0.5) is 0 Å². The lowest BCUT2D eigenvalue weighted by Crippen LogP contribution is -2.30. The number of fused-ring (bicyclic) bond motifs is 1. The van der Waals surface area contributed by atoms with Crippen LogP contribution >= 0.6 is 11.3 Å². The molecule has 0 bridgehead atoms. The largest absolute Gasteiger partial charge is 0.271 e. The van der Waals surface area contributed by atoms with E-state index >= 15 is 0 Å². The summed E-state index contributed by atoms with van der Waals surface area (Å²) in [5, 5.41) is 6.86. The molecule has 0 saturated heterocycles. The van der Waals surface area contributed by atoms with Crippen LogP contribution in [0.1, 0.15) is 27.3 Å². The fourth-order valence-corrected chi connectivity index (χ4v) is 3.51. The Labute approximate surface area is 127 Å². The standard InChI is InChI=1S/C15H19N5S/c1-9-10(2)21-14(17-9)8-12(18-16)15-11-6-4-5-7-13(11)20(3)19-15/h4-7,12,18H,8,16H2,1-3H3. The number of nitrogens with one attached hydrogen (secondary N) is 1. The molecule has 2 aromatic heterocycles. The fraction of sp³-hybridized carbons (Fsp3) is 0.333. The molecule has 5 nitrogen and oxygen atoms in total. The van der Waals surface area contributed by atoms with E-state index in [4.69, 9.17) is 5.84 Å². The van der Waals surface area contributed by atoms with Gasteiger partial charge in [0.2, 0.25) is 0 Å². The molecule has 1 atom stereocenters. The monoisotopic (exact) mass is 301 g/mol. The first-order chi connectivity index (χ1) is 10.1. The Morgan fingerprint density at radius 1 is 1.33 bits per heavy atom. The SMILES string of the molecule is Cc1nc(CC(NN)c2nn(C)c3ccccc23)sc1C. The highest BCUT2D eigenvalue weighted by atomic mass is 32.1. The molecule has 0 aliphatic heterocycles. The third kappa shape index (κ3) is 2.57. The van der Waals surface area contributed by atoms with E-state index in [1.165, 1.54) is 4.88 Å². The Hall–Kier alpha value is -1.76. The maximum Gasteiger partial charge on any atom is 0.0950 e. The molecule has 3 rings (SSSR count). The summed E-state index contributed by atoms with van der Waals surface area (Å²) in [5.41, 5.74) is 6.07. The summed E-state index contributed by atoms with van der Waals surface area (Å²) in [5.74, 6) is 5.78. The van der Waals surface area contributed by atoms with Gasteiger partial charge in [-0.15, -0.1) is 11.3 Å². The maximum atomic E-state index is 5.78. The molecule has 0 aliphatic carbocycles. The van der Waals surface area contributed by atoms with E-state index in [-0.39, 0.29) is 6.04 Å². The summed E-state index contributed by atoms with van der Waals surface area (Å²) in [6.45, 7) is 4.13. The van der Waals surface area contributed by atoms with E-state index in [0.29, 0.717) is 0 Å². The number of hydrogen-bond donors (Lipinski definition) is 2. The van der Waals surface area contributed by atoms with Gasteiger partial charge in [0.25, 0.3) is 0 Å². The molecule has 0 saturated carbocycles. The van der Waals surface area contributed by atoms with E-state index < -0.39 is 0 Å². The maximum absolute atomic E-state index is 5.78. The molecule has 2 heterocycles. The number of hydrazine groups is 1. The second-order valence-electron chi connectivity index (χ2n) is 5.20. The van der Waals surface area contributed by atoms with Crippen molar-refractivity contribution in [3.05, 3.63) is 45.5 Å². The molecule has 3 aromatic rings. The summed E-state index contributed by atoms with van der Waals surface area (Å²) < 4.78 is 1.90. The number of aromatic nitrogens is 3. The predicted molar refractivity (Wildman–Crippen MR) is 86.1 cm³/mol. The topological polar surface area (TPSA) is 68.8 Å². The molecular weight excluding hydrogens is 282 g/mol. The number of thiazole rings is 1. The molecule has 1 unspecified atom stereocenters. The van der Waals surface area contributed by atoms with Crippen molar-refractivity contribution in [2.75, 3.05) is 0 Å². The number of hydrogen-bond acceptors (Lipinski definition) is 5. The molecule has 110 valence electrons. The quantitative estimate of drug-likeness (QED) is 0.573. The molecule has 0 aliphatic rings. The number of para-hydroxylation sites is 1. The van der Waals surface area contributed by atoms with Crippen molar-refractivity contribution in [3.8, 4) is 0 Å². The van der Waals surface area contributed by atoms with Gasteiger partial charge in [-0.2, -0.15) is 5.10 Å². The fourth-order valence-electron chi connectivity index (χ4n) is 2.53. The van der Waals surface area contributed by atoms with Crippen LogP contribution in [0, 0.1) is 13.8 Å². The molecular formula is C15H19N5S. The average molecular weight is 301 g/mol. The van der Waals surface area contributed by atoms with Crippen molar-refractivity contribution in [2.24, 2.45) is 12.9 Å². The van der Waals surface area contributed by atoms with Crippen molar-refractivity contribution in [3.63, 3.8) is 0 Å². The minimum absolute atomic E-state index is 0.0407. The highest BCUT2D eigenvalue weighted by molar-refractivity contribution is 7.11. The second-order valence-corrected chi connectivity index (χ2v) is 6.49. The van der Waals surface area contributed by atoms with Gasteiger partial charge in [0.1, 0.15) is 0 Å². The van der Waals surface area contributed by atoms with Crippen LogP contribution in [0.5, 0.6) is 0 Å². The molecule has 0 radical (unpaired) electrons. The Balaban J connectivity index is 1.98. The molecule has 21 heavy (non-hydrogen) atoms. The first kappa shape index (κ1) is 14.2. The van der Waals surface area contributed by atoms with Gasteiger partial charge in [0.15, 0.2) is 0 Å². The first-order valence-electron chi connectivity index (χ1n) is 6.91. The van der Waals surface area contributed by atoms with Crippen LogP contribution in [0.2, 0.25) is 0 Å². The smallest absolute Gasteiger partial charge is 0.0950 e. The van der Waals surface area contributed by atoms with Crippen molar-refractivity contribution in [1.29, 1.82) is 0 Å². The molecule has 0 fully saturated rings. The van der Waals surface area contributed by atoms with Crippen molar-refractivity contribution in [2.45, 2.75) is 26.3 Å². The highest BCUT2D eigenvalue weighted by Gasteiger charge is 2.20. The van der Waals surface area contributed by atoms with Gasteiger partial charge in [-0.3, -0.25) is 16.0 Å². The summed E-state index contributed by atoms with van der Waals surface area (Å²) in [4.78, 5) is 5.85. The summed E-state index contributed by atoms with van der Waals surface area (Å²) in [6.07, 6.45) is 0.747. The van der Waals surface area contributed by atoms with Gasteiger partial charge in [-0.1, -0.05) is 18.2 Å². The molecule has 3 N–H and O–H groups in total. The van der Waals surface area contributed by atoms with Crippen LogP contribution in [-0.2, 0) is 13.5 Å². The summed E-state index contributed by atoms with van der Waals surface area (Å²) >= 11 is 1.72. The summed E-state index contributed by atoms with van der Waals surface area (Å²) in [6, 6.07) is 8.16. The van der Waals surface area contributed by atoms with Crippen molar-refractivity contribution < 1.29 is 0 Å². The zero-order valence-corrected chi connectivity index (χ0v) is 13.2.